The van der Waals surface area contributed by atoms with Crippen LogP contribution in [0.2, 0.25) is 0 Å². The molecule has 0 aliphatic carbocycles. The Morgan fingerprint density at radius 2 is 1.60 bits per heavy atom. The van der Waals surface area contributed by atoms with Crippen LogP contribution in [-0.4, -0.2) is 39.9 Å². The summed E-state index contributed by atoms with van der Waals surface area (Å²) < 4.78 is 39.9. The lowest BCUT2D eigenvalue weighted by atomic mass is 10.0. The normalized spacial score (nSPS) is 11.3. The number of hydrogen-bond acceptors (Lipinski definition) is 4. The van der Waals surface area contributed by atoms with Crippen molar-refractivity contribution in [3.63, 3.8) is 0 Å². The van der Waals surface area contributed by atoms with Gasteiger partial charge in [-0.3, -0.25) is 9.59 Å². The van der Waals surface area contributed by atoms with E-state index in [-0.39, 0.29) is 12.8 Å². The lowest BCUT2D eigenvalue weighted by molar-refractivity contribution is -0.137. The summed E-state index contributed by atoms with van der Waals surface area (Å²) >= 11 is 0. The number of carboxylic acid groups (broad SMARTS) is 2. The Morgan fingerprint density at radius 3 is 2.31 bits per heavy atom. The summed E-state index contributed by atoms with van der Waals surface area (Å²) in [6.07, 6.45) is 7.48. The van der Waals surface area contributed by atoms with Gasteiger partial charge in [-0.2, -0.15) is 0 Å². The number of hydrogen-bond donors (Lipinski definition) is 2. The maximum Gasteiger partial charge on any atom is 0.307 e. The minimum absolute atomic E-state index is 0.0429. The highest BCUT2D eigenvalue weighted by molar-refractivity contribution is 5.96. The molecule has 1 heterocycles. The number of aryl methyl sites for hydroxylation is 2. The van der Waals surface area contributed by atoms with Crippen molar-refractivity contribution in [3.05, 3.63) is 94.7 Å². The number of aliphatic carboxylic acids is 2. The summed E-state index contributed by atoms with van der Waals surface area (Å²) in [7, 11) is 0. The molecule has 0 aliphatic heterocycles. The molecule has 3 aromatic carbocycles. The van der Waals surface area contributed by atoms with Crippen molar-refractivity contribution in [1.29, 1.82) is 0 Å². The molecule has 42 heavy (non-hydrogen) atoms. The number of carbonyl (C=O) groups is 2. The zero-order valence-electron chi connectivity index (χ0n) is 23.3. The second-order valence-electron chi connectivity index (χ2n) is 10.00. The van der Waals surface area contributed by atoms with E-state index in [1.165, 1.54) is 0 Å². The van der Waals surface area contributed by atoms with Gasteiger partial charge in [-0.15, -0.1) is 0 Å². The molecule has 1 aromatic heterocycles. The van der Waals surface area contributed by atoms with Crippen molar-refractivity contribution in [2.75, 3.05) is 13.2 Å². The van der Waals surface area contributed by atoms with E-state index in [4.69, 9.17) is 14.6 Å². The van der Waals surface area contributed by atoms with Crippen LogP contribution in [0.3, 0.4) is 0 Å². The number of ether oxygens (including phenoxy) is 2. The second-order valence-corrected chi connectivity index (χ2v) is 10.00. The van der Waals surface area contributed by atoms with Crippen LogP contribution in [0.4, 0.5) is 8.78 Å². The van der Waals surface area contributed by atoms with Crippen LogP contribution >= 0.6 is 0 Å². The summed E-state index contributed by atoms with van der Waals surface area (Å²) in [6, 6.07) is 15.5. The first-order valence-electron chi connectivity index (χ1n) is 13.7. The quantitative estimate of drug-likeness (QED) is 0.115. The minimum atomic E-state index is -0.931. The number of unbranched alkanes of at least 4 members (excludes halogenated alkanes) is 1. The molecule has 0 fully saturated rings. The fourth-order valence-corrected chi connectivity index (χ4v) is 4.71. The number of carboxylic acids is 2. The van der Waals surface area contributed by atoms with Crippen LogP contribution in [0, 0.1) is 18.6 Å². The number of halogens is 2. The van der Waals surface area contributed by atoms with E-state index < -0.39 is 23.6 Å². The molecule has 0 spiro atoms. The number of fused-ring (bicyclic) bond motifs is 1. The van der Waals surface area contributed by atoms with Gasteiger partial charge in [-0.05, 0) is 72.7 Å². The minimum Gasteiger partial charge on any atom is -0.494 e. The molecule has 0 atom stereocenters. The molecule has 2 N–H and O–H groups in total. The highest BCUT2D eigenvalue weighted by atomic mass is 19.2. The van der Waals surface area contributed by atoms with E-state index in [9.17, 15) is 23.5 Å². The molecule has 4 aromatic rings. The molecule has 0 aliphatic rings. The molecule has 0 radical (unpaired) electrons. The fourth-order valence-electron chi connectivity index (χ4n) is 4.71. The summed E-state index contributed by atoms with van der Waals surface area (Å²) in [5.41, 5.74) is 3.91. The van der Waals surface area contributed by atoms with Crippen LogP contribution in [0.5, 0.6) is 11.5 Å². The van der Waals surface area contributed by atoms with Crippen LogP contribution in [-0.2, 0) is 22.6 Å². The Morgan fingerprint density at radius 1 is 0.881 bits per heavy atom. The smallest absolute Gasteiger partial charge is 0.307 e. The van der Waals surface area contributed by atoms with E-state index >= 15 is 0 Å². The van der Waals surface area contributed by atoms with Gasteiger partial charge < -0.3 is 24.3 Å². The zero-order valence-corrected chi connectivity index (χ0v) is 23.3. The van der Waals surface area contributed by atoms with E-state index in [1.54, 1.807) is 13.1 Å². The number of rotatable bonds is 15. The predicted molar refractivity (Wildman–Crippen MR) is 157 cm³/mol. The summed E-state index contributed by atoms with van der Waals surface area (Å²) in [6.45, 7) is 3.00. The first-order chi connectivity index (χ1) is 20.2. The lowest BCUT2D eigenvalue weighted by Crippen LogP contribution is -2.04. The molecule has 0 bridgehead atoms. The van der Waals surface area contributed by atoms with Gasteiger partial charge in [0, 0.05) is 36.1 Å². The van der Waals surface area contributed by atoms with Crippen LogP contribution in [0.1, 0.15) is 47.9 Å². The Kier molecular flexibility index (Phi) is 10.3. The molecular weight excluding hydrogens is 544 g/mol. The van der Waals surface area contributed by atoms with Crippen molar-refractivity contribution in [3.8, 4) is 11.5 Å². The monoisotopic (exact) mass is 577 g/mol. The molecular formula is C33H33F2NO6. The van der Waals surface area contributed by atoms with Crippen molar-refractivity contribution in [2.24, 2.45) is 0 Å². The summed E-state index contributed by atoms with van der Waals surface area (Å²) in [4.78, 5) is 22.5. The van der Waals surface area contributed by atoms with Gasteiger partial charge in [0.1, 0.15) is 11.5 Å². The molecule has 0 amide bonds. The van der Waals surface area contributed by atoms with Gasteiger partial charge in [0.25, 0.3) is 0 Å². The molecule has 7 nitrogen and oxygen atoms in total. The highest BCUT2D eigenvalue weighted by Crippen LogP contribution is 2.28. The Balaban J connectivity index is 1.33. The van der Waals surface area contributed by atoms with Gasteiger partial charge in [0.05, 0.1) is 19.6 Å². The van der Waals surface area contributed by atoms with Crippen LogP contribution in [0.15, 0.2) is 60.8 Å². The predicted octanol–water partition coefficient (Wildman–Crippen LogP) is 7.13. The van der Waals surface area contributed by atoms with Gasteiger partial charge in [-0.1, -0.05) is 36.4 Å². The van der Waals surface area contributed by atoms with Gasteiger partial charge in [-0.25, -0.2) is 8.78 Å². The molecule has 0 unspecified atom stereocenters. The Hall–Kier alpha value is -4.66. The lowest BCUT2D eigenvalue weighted by Gasteiger charge is -2.10. The average Bonchev–Trinajstić information content (AvgIpc) is 3.29. The van der Waals surface area contributed by atoms with Crippen LogP contribution < -0.4 is 9.47 Å². The van der Waals surface area contributed by atoms with Gasteiger partial charge in [0.2, 0.25) is 0 Å². The SMILES string of the molecule is Cc1cc(F)c(F)cc1OCCCCOc1ccc(C=Cc2cccc3c2c(CC(=O)O)cn3CCCC(=O)O)cc1. The number of nitrogens with zero attached hydrogens (tertiary/aromatic N) is 1. The molecule has 220 valence electrons. The third kappa shape index (κ3) is 8.19. The first kappa shape index (κ1) is 30.3. The standard InChI is InChI=1S/C33H33F2NO6/c1-22-18-27(34)28(35)20-30(22)42-17-3-2-16-41-26-13-10-23(11-14-26)9-12-24-6-4-7-29-33(24)25(19-32(39)40)21-36(29)15-5-8-31(37)38/h4,6-7,9-14,18,20-21H,2-3,5,8,15-17,19H2,1H3,(H,37,38)(H,39,40). The van der Waals surface area contributed by atoms with Gasteiger partial charge in [0.15, 0.2) is 11.6 Å². The highest BCUT2D eigenvalue weighted by Gasteiger charge is 2.14. The van der Waals surface area contributed by atoms with Gasteiger partial charge >= 0.3 is 11.9 Å². The van der Waals surface area contributed by atoms with Crippen molar-refractivity contribution in [2.45, 2.75) is 45.6 Å². The zero-order chi connectivity index (χ0) is 30.1. The van der Waals surface area contributed by atoms with Crippen molar-refractivity contribution >= 4 is 35.0 Å². The topological polar surface area (TPSA) is 98.0 Å². The third-order valence-electron chi connectivity index (χ3n) is 6.77. The van der Waals surface area contributed by atoms with Crippen molar-refractivity contribution in [1.82, 2.24) is 4.57 Å². The average molecular weight is 578 g/mol. The van der Waals surface area contributed by atoms with Crippen LogP contribution in [0.25, 0.3) is 23.1 Å². The number of aromatic nitrogens is 1. The second kappa shape index (κ2) is 14.3. The first-order valence-corrected chi connectivity index (χ1v) is 13.7. The number of benzene rings is 3. The third-order valence-corrected chi connectivity index (χ3v) is 6.77. The van der Waals surface area contributed by atoms with E-state index in [0.29, 0.717) is 55.2 Å². The molecule has 9 heteroatoms. The van der Waals surface area contributed by atoms with E-state index in [1.807, 2.05) is 59.2 Å². The summed E-state index contributed by atoms with van der Waals surface area (Å²) in [5.74, 6) is -2.56. The van der Waals surface area contributed by atoms with E-state index in [2.05, 4.69) is 0 Å². The summed E-state index contributed by atoms with van der Waals surface area (Å²) in [5, 5.41) is 19.3. The van der Waals surface area contributed by atoms with E-state index in [0.717, 1.165) is 40.6 Å². The maximum absolute atomic E-state index is 13.4. The fraction of sp³-hybridized carbons (Fsp3) is 0.273. The Bertz CT molecular complexity index is 1580. The Labute approximate surface area is 242 Å². The molecule has 0 saturated carbocycles. The maximum atomic E-state index is 13.4. The molecule has 4 rings (SSSR count). The van der Waals surface area contributed by atoms with Crippen molar-refractivity contribution < 1.29 is 38.1 Å². The largest absolute Gasteiger partial charge is 0.494 e. The molecule has 0 saturated heterocycles.